The number of hydrogen-bond acceptors (Lipinski definition) is 5. The van der Waals surface area contributed by atoms with Gasteiger partial charge >= 0.3 is 0 Å². The number of nitrogens with zero attached hydrogens (tertiary/aromatic N) is 1. The van der Waals surface area contributed by atoms with E-state index < -0.39 is 0 Å². The van der Waals surface area contributed by atoms with Crippen LogP contribution >= 0.6 is 22.9 Å². The molecule has 0 fully saturated rings. The van der Waals surface area contributed by atoms with Gasteiger partial charge in [0.05, 0.1) is 20.3 Å². The van der Waals surface area contributed by atoms with Crippen molar-refractivity contribution in [1.82, 2.24) is 10.2 Å². The van der Waals surface area contributed by atoms with E-state index in [-0.39, 0.29) is 30.8 Å². The molecule has 0 spiro atoms. The van der Waals surface area contributed by atoms with Crippen molar-refractivity contribution >= 4 is 34.8 Å². The van der Waals surface area contributed by atoms with E-state index in [9.17, 15) is 9.59 Å². The fourth-order valence-corrected chi connectivity index (χ4v) is 5.08. The van der Waals surface area contributed by atoms with Gasteiger partial charge in [0.25, 0.3) is 5.91 Å². The lowest BCUT2D eigenvalue weighted by Crippen LogP contribution is -2.41. The fourth-order valence-electron chi connectivity index (χ4n) is 4.10. The number of nitrogens with one attached hydrogen (secondary N) is 1. The zero-order chi connectivity index (χ0) is 23.4. The molecule has 2 amide bonds. The van der Waals surface area contributed by atoms with Crippen molar-refractivity contribution < 1.29 is 19.1 Å². The Balaban J connectivity index is 1.51. The van der Waals surface area contributed by atoms with Gasteiger partial charge in [-0.2, -0.15) is 0 Å². The van der Waals surface area contributed by atoms with Gasteiger partial charge in [0.15, 0.2) is 11.5 Å². The molecular formula is C25H25ClN2O4S. The number of thiophene rings is 1. The lowest BCUT2D eigenvalue weighted by molar-refractivity contribution is -0.133. The normalized spacial score (nSPS) is 15.0. The molecule has 2 aromatic carbocycles. The van der Waals surface area contributed by atoms with Crippen LogP contribution in [0.2, 0.25) is 5.02 Å². The average Bonchev–Trinajstić information content (AvgIpc) is 3.37. The predicted molar refractivity (Wildman–Crippen MR) is 130 cm³/mol. The molecule has 8 heteroatoms. The topological polar surface area (TPSA) is 67.9 Å². The summed E-state index contributed by atoms with van der Waals surface area (Å²) in [5, 5.41) is 5.41. The molecule has 1 unspecified atom stereocenters. The van der Waals surface area contributed by atoms with E-state index in [1.807, 2.05) is 34.5 Å². The molecule has 0 aliphatic carbocycles. The van der Waals surface area contributed by atoms with Gasteiger partial charge in [0.1, 0.15) is 0 Å². The highest BCUT2D eigenvalue weighted by molar-refractivity contribution is 7.10. The molecule has 0 bridgehead atoms. The number of carbonyl (C=O) groups excluding carboxylic acids is 2. The molecule has 172 valence electrons. The second-order valence-electron chi connectivity index (χ2n) is 7.67. The minimum Gasteiger partial charge on any atom is -0.493 e. The smallest absolute Gasteiger partial charge is 0.251 e. The van der Waals surface area contributed by atoms with E-state index in [0.717, 1.165) is 22.4 Å². The highest BCUT2D eigenvalue weighted by atomic mass is 35.5. The van der Waals surface area contributed by atoms with Crippen molar-refractivity contribution in [2.24, 2.45) is 0 Å². The van der Waals surface area contributed by atoms with Crippen LogP contribution in [0, 0.1) is 0 Å². The van der Waals surface area contributed by atoms with Gasteiger partial charge < -0.3 is 19.7 Å². The number of halogens is 1. The van der Waals surface area contributed by atoms with Crippen LogP contribution in [0.3, 0.4) is 0 Å². The first-order chi connectivity index (χ1) is 16.0. The third-order valence-electron chi connectivity index (χ3n) is 5.74. The minimum atomic E-state index is -0.227. The third kappa shape index (κ3) is 4.99. The number of amides is 2. The maximum atomic E-state index is 13.3. The van der Waals surface area contributed by atoms with Gasteiger partial charge in [-0.05, 0) is 65.4 Å². The number of carbonyl (C=O) groups is 2. The van der Waals surface area contributed by atoms with Crippen molar-refractivity contribution in [3.8, 4) is 11.5 Å². The van der Waals surface area contributed by atoms with Gasteiger partial charge in [0.2, 0.25) is 5.91 Å². The van der Waals surface area contributed by atoms with Crippen molar-refractivity contribution in [3.05, 3.63) is 80.5 Å². The maximum Gasteiger partial charge on any atom is 0.251 e. The zero-order valence-electron chi connectivity index (χ0n) is 18.5. The Morgan fingerprint density at radius 2 is 1.85 bits per heavy atom. The van der Waals surface area contributed by atoms with Crippen LogP contribution in [-0.2, 0) is 11.2 Å². The SMILES string of the molecule is COc1cc2c(cc1OC)C(c1cccs1)N(C(=O)CCNC(=O)c1ccc(Cl)cc1)CC2. The van der Waals surface area contributed by atoms with Gasteiger partial charge in [-0.1, -0.05) is 17.7 Å². The molecule has 0 saturated carbocycles. The molecule has 6 nitrogen and oxygen atoms in total. The second-order valence-corrected chi connectivity index (χ2v) is 9.09. The Hall–Kier alpha value is -3.03. The first-order valence-electron chi connectivity index (χ1n) is 10.6. The number of benzene rings is 2. The molecule has 1 aliphatic rings. The van der Waals surface area contributed by atoms with Crippen molar-refractivity contribution in [1.29, 1.82) is 0 Å². The number of ether oxygens (including phenoxy) is 2. The first kappa shape index (κ1) is 23.1. The standard InChI is InChI=1S/C25H25ClN2O4S/c1-31-20-14-17-10-12-28(24(22-4-3-13-33-22)19(17)15-21(20)32-2)23(29)9-11-27-25(30)16-5-7-18(26)8-6-16/h3-8,13-15,24H,9-12H2,1-2H3,(H,27,30). The van der Waals surface area contributed by atoms with E-state index >= 15 is 0 Å². The highest BCUT2D eigenvalue weighted by Crippen LogP contribution is 2.42. The maximum absolute atomic E-state index is 13.3. The molecule has 1 aliphatic heterocycles. The summed E-state index contributed by atoms with van der Waals surface area (Å²) in [5.74, 6) is 1.09. The largest absolute Gasteiger partial charge is 0.493 e. The molecule has 2 heterocycles. The van der Waals surface area contributed by atoms with Crippen molar-refractivity contribution in [2.75, 3.05) is 27.3 Å². The third-order valence-corrected chi connectivity index (χ3v) is 6.91. The minimum absolute atomic E-state index is 0.00904. The Labute approximate surface area is 202 Å². The van der Waals surface area contributed by atoms with E-state index in [0.29, 0.717) is 28.6 Å². The summed E-state index contributed by atoms with van der Waals surface area (Å²) in [6.45, 7) is 0.849. The Morgan fingerprint density at radius 1 is 1.12 bits per heavy atom. The van der Waals surface area contributed by atoms with Crippen molar-refractivity contribution in [3.63, 3.8) is 0 Å². The number of fused-ring (bicyclic) bond motifs is 1. The summed E-state index contributed by atoms with van der Waals surface area (Å²) in [6, 6.07) is 14.5. The summed E-state index contributed by atoms with van der Waals surface area (Å²) in [4.78, 5) is 28.6. The Morgan fingerprint density at radius 3 is 2.52 bits per heavy atom. The second kappa shape index (κ2) is 10.3. The molecular weight excluding hydrogens is 460 g/mol. The van der Waals surface area contributed by atoms with E-state index in [4.69, 9.17) is 21.1 Å². The van der Waals surface area contributed by atoms with E-state index in [1.165, 1.54) is 0 Å². The quantitative estimate of drug-likeness (QED) is 0.527. The van der Waals surface area contributed by atoms with Crippen molar-refractivity contribution in [2.45, 2.75) is 18.9 Å². The number of hydrogen-bond donors (Lipinski definition) is 1. The molecule has 4 rings (SSSR count). The highest BCUT2D eigenvalue weighted by Gasteiger charge is 2.33. The number of methoxy groups -OCH3 is 2. The zero-order valence-corrected chi connectivity index (χ0v) is 20.0. The molecule has 0 saturated heterocycles. The Kier molecular flexibility index (Phi) is 7.20. The summed E-state index contributed by atoms with van der Waals surface area (Å²) < 4.78 is 11.0. The lowest BCUT2D eigenvalue weighted by atomic mass is 9.90. The molecule has 1 atom stereocenters. The molecule has 1 aromatic heterocycles. The molecule has 1 N–H and O–H groups in total. The fraction of sp³-hybridized carbons (Fsp3) is 0.280. The monoisotopic (exact) mass is 484 g/mol. The van der Waals surface area contributed by atoms with E-state index in [1.54, 1.807) is 49.8 Å². The number of rotatable bonds is 7. The van der Waals surface area contributed by atoms with Crippen LogP contribution in [0.5, 0.6) is 11.5 Å². The van der Waals surface area contributed by atoms with Crippen LogP contribution in [0.15, 0.2) is 53.9 Å². The van der Waals surface area contributed by atoms with Crippen LogP contribution in [0.25, 0.3) is 0 Å². The lowest BCUT2D eigenvalue weighted by Gasteiger charge is -2.37. The van der Waals surface area contributed by atoms with E-state index in [2.05, 4.69) is 5.32 Å². The summed E-state index contributed by atoms with van der Waals surface area (Å²) in [6.07, 6.45) is 0.935. The molecule has 33 heavy (non-hydrogen) atoms. The predicted octanol–water partition coefficient (Wildman–Crippen LogP) is 4.71. The van der Waals surface area contributed by atoms with Crippen LogP contribution in [-0.4, -0.2) is 44.0 Å². The summed E-state index contributed by atoms with van der Waals surface area (Å²) >= 11 is 7.50. The van der Waals surface area contributed by atoms with Crippen LogP contribution in [0.1, 0.15) is 38.8 Å². The van der Waals surface area contributed by atoms with Crippen LogP contribution in [0.4, 0.5) is 0 Å². The average molecular weight is 485 g/mol. The first-order valence-corrected chi connectivity index (χ1v) is 11.9. The van der Waals surface area contributed by atoms with Gasteiger partial charge in [-0.25, -0.2) is 0 Å². The molecule has 0 radical (unpaired) electrons. The molecule has 3 aromatic rings. The van der Waals surface area contributed by atoms with Gasteiger partial charge in [-0.15, -0.1) is 11.3 Å². The summed E-state index contributed by atoms with van der Waals surface area (Å²) in [7, 11) is 3.23. The Bertz CT molecular complexity index is 1130. The summed E-state index contributed by atoms with van der Waals surface area (Å²) in [5.41, 5.74) is 2.70. The van der Waals surface area contributed by atoms with Gasteiger partial charge in [-0.3, -0.25) is 9.59 Å². The van der Waals surface area contributed by atoms with Gasteiger partial charge in [0, 0.05) is 35.0 Å². The van der Waals surface area contributed by atoms with Crippen LogP contribution < -0.4 is 14.8 Å².